The lowest BCUT2D eigenvalue weighted by atomic mass is 9.92. The first-order valence-corrected chi connectivity index (χ1v) is 22.8. The smallest absolute Gasteiger partial charge is 0.238 e. The Morgan fingerprint density at radius 1 is 0.462 bits per heavy atom. The van der Waals surface area contributed by atoms with E-state index in [1.807, 2.05) is 24.3 Å². The zero-order valence-electron chi connectivity index (χ0n) is 35.1. The summed E-state index contributed by atoms with van der Waals surface area (Å²) in [6.07, 6.45) is 7.55. The predicted octanol–water partition coefficient (Wildman–Crippen LogP) is 14.8. The summed E-state index contributed by atoms with van der Waals surface area (Å²) in [4.78, 5) is 21.0. The minimum atomic E-state index is -0.0214. The third-order valence-corrected chi connectivity index (χ3v) is 13.8. The lowest BCUT2D eigenvalue weighted by molar-refractivity contribution is 0.751. The number of rotatable bonds is 7. The highest BCUT2D eigenvalue weighted by molar-refractivity contribution is 7.21. The molecule has 0 saturated carbocycles. The average Bonchev–Trinajstić information content (AvgIpc) is 4.07. The molecular formula is C58H38N6S. The molecule has 306 valence electrons. The van der Waals surface area contributed by atoms with Gasteiger partial charge in [0.15, 0.2) is 5.82 Å². The molecule has 0 N–H and O–H groups in total. The number of benzene rings is 8. The Balaban J connectivity index is 0.995. The van der Waals surface area contributed by atoms with E-state index in [-0.39, 0.29) is 5.92 Å². The molecule has 0 spiro atoms. The number of hydrogen-bond donors (Lipinski definition) is 0. The normalized spacial score (nSPS) is 14.0. The Morgan fingerprint density at radius 3 is 1.74 bits per heavy atom. The molecule has 65 heavy (non-hydrogen) atoms. The Kier molecular flexibility index (Phi) is 8.74. The minimum absolute atomic E-state index is 0.0214. The number of nitrogens with zero attached hydrogens (tertiary/aromatic N) is 6. The van der Waals surface area contributed by atoms with Crippen molar-refractivity contribution in [3.8, 4) is 44.7 Å². The number of hydrogen-bond acceptors (Lipinski definition) is 5. The predicted molar refractivity (Wildman–Crippen MR) is 269 cm³/mol. The van der Waals surface area contributed by atoms with E-state index in [9.17, 15) is 0 Å². The van der Waals surface area contributed by atoms with Crippen LogP contribution in [0.4, 0.5) is 0 Å². The van der Waals surface area contributed by atoms with E-state index in [1.54, 1.807) is 11.3 Å². The van der Waals surface area contributed by atoms with E-state index in [4.69, 9.17) is 19.9 Å². The molecule has 0 bridgehead atoms. The molecule has 4 heterocycles. The summed E-state index contributed by atoms with van der Waals surface area (Å²) in [6.45, 7) is 0. The molecule has 4 aromatic heterocycles. The van der Waals surface area contributed by atoms with Crippen molar-refractivity contribution >= 4 is 70.7 Å². The summed E-state index contributed by atoms with van der Waals surface area (Å²) in [5.41, 5.74) is 13.2. The molecule has 13 rings (SSSR count). The maximum absolute atomic E-state index is 5.42. The summed E-state index contributed by atoms with van der Waals surface area (Å²) in [5, 5.41) is 5.66. The van der Waals surface area contributed by atoms with E-state index < -0.39 is 0 Å². The van der Waals surface area contributed by atoms with Crippen molar-refractivity contribution in [1.29, 1.82) is 0 Å². The molecule has 0 aliphatic heterocycles. The second-order valence-electron chi connectivity index (χ2n) is 16.6. The molecule has 0 amide bonds. The molecule has 0 fully saturated rings. The van der Waals surface area contributed by atoms with E-state index in [2.05, 4.69) is 197 Å². The second kappa shape index (κ2) is 15.2. The van der Waals surface area contributed by atoms with Crippen LogP contribution in [0, 0.1) is 0 Å². The number of thiazole rings is 1. The highest BCUT2D eigenvalue weighted by atomic mass is 32.1. The Hall–Kier alpha value is -8.26. The highest BCUT2D eigenvalue weighted by Crippen LogP contribution is 2.42. The van der Waals surface area contributed by atoms with Crippen LogP contribution >= 0.6 is 11.3 Å². The van der Waals surface area contributed by atoms with Gasteiger partial charge in [-0.25, -0.2) is 9.97 Å². The van der Waals surface area contributed by atoms with Crippen LogP contribution in [0.2, 0.25) is 0 Å². The van der Waals surface area contributed by atoms with E-state index in [0.717, 1.165) is 88.9 Å². The van der Waals surface area contributed by atoms with Crippen molar-refractivity contribution in [2.75, 3.05) is 0 Å². The van der Waals surface area contributed by atoms with Gasteiger partial charge in [0.2, 0.25) is 5.95 Å². The number of fused-ring (bicyclic) bond motifs is 8. The fourth-order valence-electron chi connectivity index (χ4n) is 9.61. The van der Waals surface area contributed by atoms with Crippen molar-refractivity contribution in [1.82, 2.24) is 29.1 Å². The van der Waals surface area contributed by atoms with Crippen LogP contribution in [0.25, 0.3) is 104 Å². The molecular weight excluding hydrogens is 813 g/mol. The molecule has 8 aromatic carbocycles. The quantitative estimate of drug-likeness (QED) is 0.160. The standard InChI is InChI=1S/C58H38N6S/c1-4-14-37(15-5-1)38-24-26-41(27-25-38)56-60-55(40-16-6-2-7-17-40)61-58(62-56)64-51-23-13-11-21-46(51)48-34-33-47-45-20-10-12-22-50(45)63(53(47)54(48)64)44-31-28-39(29-32-44)43-30-35-52-49(36-43)59-57(65-52)42-18-8-3-9-19-42/h1-26,28-36,41H,27H2. The van der Waals surface area contributed by atoms with Gasteiger partial charge < -0.3 is 4.57 Å². The zero-order valence-corrected chi connectivity index (χ0v) is 35.9. The van der Waals surface area contributed by atoms with Crippen LogP contribution in [0.3, 0.4) is 0 Å². The highest BCUT2D eigenvalue weighted by Gasteiger charge is 2.25. The monoisotopic (exact) mass is 850 g/mol. The van der Waals surface area contributed by atoms with Gasteiger partial charge in [-0.15, -0.1) is 11.3 Å². The Morgan fingerprint density at radius 2 is 1.06 bits per heavy atom. The molecule has 1 aliphatic carbocycles. The first-order valence-electron chi connectivity index (χ1n) is 22.0. The number of aromatic nitrogens is 6. The fraction of sp³-hybridized carbons (Fsp3) is 0.0345. The molecule has 0 radical (unpaired) electrons. The molecule has 1 aliphatic rings. The van der Waals surface area contributed by atoms with E-state index in [1.165, 1.54) is 21.2 Å². The topological polar surface area (TPSA) is 61.4 Å². The first kappa shape index (κ1) is 37.3. The van der Waals surface area contributed by atoms with Gasteiger partial charge in [-0.3, -0.25) is 4.57 Å². The lowest BCUT2D eigenvalue weighted by Gasteiger charge is -2.18. The van der Waals surface area contributed by atoms with Gasteiger partial charge >= 0.3 is 0 Å². The summed E-state index contributed by atoms with van der Waals surface area (Å²) >= 11 is 1.73. The molecule has 0 saturated heterocycles. The number of para-hydroxylation sites is 2. The van der Waals surface area contributed by atoms with Crippen LogP contribution in [-0.4, -0.2) is 29.1 Å². The fourth-order valence-corrected chi connectivity index (χ4v) is 10.6. The maximum atomic E-state index is 5.42. The van der Waals surface area contributed by atoms with Gasteiger partial charge in [0.25, 0.3) is 0 Å². The molecule has 7 heteroatoms. The van der Waals surface area contributed by atoms with Crippen LogP contribution in [0.5, 0.6) is 0 Å². The Bertz CT molecular complexity index is 3840. The minimum Gasteiger partial charge on any atom is -0.307 e. The van der Waals surface area contributed by atoms with Gasteiger partial charge in [-0.05, 0) is 65.1 Å². The van der Waals surface area contributed by atoms with Gasteiger partial charge in [-0.1, -0.05) is 176 Å². The molecule has 6 nitrogen and oxygen atoms in total. The third-order valence-electron chi connectivity index (χ3n) is 12.7. The van der Waals surface area contributed by atoms with Gasteiger partial charge in [-0.2, -0.15) is 9.97 Å². The van der Waals surface area contributed by atoms with Crippen molar-refractivity contribution < 1.29 is 0 Å². The SMILES string of the molecule is C1=CC(c2nc(-c3ccccc3)nc(-n3c4ccccc4c4ccc5c6ccccc6n(-c6ccc(-c7ccc8sc(-c9ccccc9)nc8c7)cc6)c5c43)n2)CC=C1c1ccccc1. The average molecular weight is 851 g/mol. The van der Waals surface area contributed by atoms with Gasteiger partial charge in [0.1, 0.15) is 10.8 Å². The number of allylic oxidation sites excluding steroid dienone is 4. The Labute approximate surface area is 378 Å². The second-order valence-corrected chi connectivity index (χ2v) is 17.6. The van der Waals surface area contributed by atoms with Crippen LogP contribution in [-0.2, 0) is 0 Å². The maximum Gasteiger partial charge on any atom is 0.238 e. The molecule has 12 aromatic rings. The third kappa shape index (κ3) is 6.31. The summed E-state index contributed by atoms with van der Waals surface area (Å²) < 4.78 is 5.88. The van der Waals surface area contributed by atoms with Crippen LogP contribution in [0.15, 0.2) is 212 Å². The first-order chi connectivity index (χ1) is 32.2. The van der Waals surface area contributed by atoms with Crippen LogP contribution < -0.4 is 0 Å². The van der Waals surface area contributed by atoms with Crippen molar-refractivity contribution in [3.05, 3.63) is 224 Å². The van der Waals surface area contributed by atoms with Crippen LogP contribution in [0.1, 0.15) is 23.7 Å². The summed E-state index contributed by atoms with van der Waals surface area (Å²) in [6, 6.07) is 68.7. The van der Waals surface area contributed by atoms with E-state index in [0.29, 0.717) is 11.8 Å². The summed E-state index contributed by atoms with van der Waals surface area (Å²) in [7, 11) is 0. The lowest BCUT2D eigenvalue weighted by Crippen LogP contribution is -2.12. The summed E-state index contributed by atoms with van der Waals surface area (Å²) in [5.74, 6) is 1.97. The molecule has 1 atom stereocenters. The largest absolute Gasteiger partial charge is 0.307 e. The van der Waals surface area contributed by atoms with Crippen molar-refractivity contribution in [2.24, 2.45) is 0 Å². The zero-order chi connectivity index (χ0) is 42.8. The van der Waals surface area contributed by atoms with Gasteiger partial charge in [0, 0.05) is 44.3 Å². The van der Waals surface area contributed by atoms with Crippen molar-refractivity contribution in [2.45, 2.75) is 12.3 Å². The van der Waals surface area contributed by atoms with E-state index >= 15 is 0 Å². The van der Waals surface area contributed by atoms with Crippen molar-refractivity contribution in [3.63, 3.8) is 0 Å². The van der Waals surface area contributed by atoms with Gasteiger partial charge in [0.05, 0.1) is 32.3 Å². The molecule has 1 unspecified atom stereocenters.